The molecular weight excluding hydrogens is 640 g/mol. The summed E-state index contributed by atoms with van der Waals surface area (Å²) in [5.41, 5.74) is 9.25. The molecule has 236 valence electrons. The van der Waals surface area contributed by atoms with E-state index in [1.54, 1.807) is 25.1 Å². The van der Waals surface area contributed by atoms with Crippen molar-refractivity contribution in [2.45, 2.75) is 30.6 Å². The van der Waals surface area contributed by atoms with E-state index in [0.29, 0.717) is 28.3 Å². The Morgan fingerprint density at radius 2 is 1.35 bits per heavy atom. The highest BCUT2D eigenvalue weighted by atomic mass is 32.2. The van der Waals surface area contributed by atoms with Crippen molar-refractivity contribution in [2.75, 3.05) is 5.73 Å². The molecule has 1 heterocycles. The van der Waals surface area contributed by atoms with Gasteiger partial charge in [0, 0.05) is 5.69 Å². The second-order valence-electron chi connectivity index (χ2n) is 10.1. The molecule has 0 fully saturated rings. The summed E-state index contributed by atoms with van der Waals surface area (Å²) >= 11 is 0. The van der Waals surface area contributed by atoms with E-state index >= 15 is 0 Å². The first-order valence-corrected chi connectivity index (χ1v) is 15.9. The molecule has 0 atom stereocenters. The van der Waals surface area contributed by atoms with E-state index in [2.05, 4.69) is 30.7 Å². The average Bonchev–Trinajstić information content (AvgIpc) is 3.39. The second kappa shape index (κ2) is 11.8. The van der Waals surface area contributed by atoms with Crippen LogP contribution >= 0.6 is 0 Å². The van der Waals surface area contributed by atoms with Crippen LogP contribution in [-0.4, -0.2) is 52.0 Å². The zero-order chi connectivity index (χ0) is 33.6. The van der Waals surface area contributed by atoms with Crippen LogP contribution in [0.25, 0.3) is 16.7 Å². The van der Waals surface area contributed by atoms with Gasteiger partial charge in [0.15, 0.2) is 0 Å². The van der Waals surface area contributed by atoms with Crippen LogP contribution in [0.2, 0.25) is 0 Å². The number of benzene rings is 4. The van der Waals surface area contributed by atoms with E-state index in [1.165, 1.54) is 0 Å². The minimum atomic E-state index is -4.86. The number of rotatable bonds is 8. The lowest BCUT2D eigenvalue weighted by Gasteiger charge is -2.06. The van der Waals surface area contributed by atoms with Crippen LogP contribution in [0.5, 0.6) is 0 Å². The van der Waals surface area contributed by atoms with Crippen molar-refractivity contribution in [3.05, 3.63) is 82.9 Å². The van der Waals surface area contributed by atoms with Crippen LogP contribution in [0.1, 0.15) is 27.0 Å². The molecule has 0 aliphatic rings. The molecule has 0 saturated carbocycles. The SMILES string of the molecule is Cc1cc(N=Nc2ccc(N=Nc3cc4nn(-c5cc(S(=O)(=O)O)ccc5C(=O)O)nc4cc3S(=O)(=O)O)c(C)c2)c(C)cc1N. The summed E-state index contributed by atoms with van der Waals surface area (Å²) in [7, 11) is -9.58. The van der Waals surface area contributed by atoms with Crippen LogP contribution in [0.3, 0.4) is 0 Å². The number of carboxylic acid groups (broad SMARTS) is 1. The predicted octanol–water partition coefficient (Wildman–Crippen LogP) is 5.95. The number of anilines is 1. The van der Waals surface area contributed by atoms with Gasteiger partial charge in [0.25, 0.3) is 20.2 Å². The Morgan fingerprint density at radius 3 is 1.98 bits per heavy atom. The van der Waals surface area contributed by atoms with Crippen LogP contribution < -0.4 is 5.73 Å². The van der Waals surface area contributed by atoms with E-state index in [-0.39, 0.29) is 22.4 Å². The van der Waals surface area contributed by atoms with Gasteiger partial charge in [-0.3, -0.25) is 9.11 Å². The first kappa shape index (κ1) is 32.0. The smallest absolute Gasteiger partial charge is 0.337 e. The zero-order valence-corrected chi connectivity index (χ0v) is 25.8. The Labute approximate surface area is 261 Å². The molecule has 0 unspecified atom stereocenters. The fourth-order valence-corrected chi connectivity index (χ4v) is 5.43. The molecule has 16 nitrogen and oxygen atoms in total. The van der Waals surface area contributed by atoms with Crippen molar-refractivity contribution < 1.29 is 35.8 Å². The molecular formula is C28H24N8O8S2. The lowest BCUT2D eigenvalue weighted by atomic mass is 10.1. The highest BCUT2D eigenvalue weighted by molar-refractivity contribution is 7.86. The minimum Gasteiger partial charge on any atom is -0.478 e. The second-order valence-corrected chi connectivity index (χ2v) is 12.9. The highest BCUT2D eigenvalue weighted by Gasteiger charge is 2.22. The van der Waals surface area contributed by atoms with Gasteiger partial charge in [-0.15, -0.1) is 20.1 Å². The third-order valence-electron chi connectivity index (χ3n) is 6.76. The van der Waals surface area contributed by atoms with Crippen LogP contribution in [0, 0.1) is 20.8 Å². The topological polar surface area (TPSA) is 252 Å². The summed E-state index contributed by atoms with van der Waals surface area (Å²) in [5.74, 6) is -1.45. The van der Waals surface area contributed by atoms with Gasteiger partial charge in [0.1, 0.15) is 27.3 Å². The Morgan fingerprint density at radius 1 is 0.717 bits per heavy atom. The molecule has 0 aliphatic carbocycles. The molecule has 0 saturated heterocycles. The van der Waals surface area contributed by atoms with E-state index in [0.717, 1.165) is 46.3 Å². The summed E-state index contributed by atoms with van der Waals surface area (Å²) in [5, 5.41) is 34.5. The van der Waals surface area contributed by atoms with E-state index in [4.69, 9.17) is 5.73 Å². The predicted molar refractivity (Wildman–Crippen MR) is 165 cm³/mol. The zero-order valence-electron chi connectivity index (χ0n) is 24.2. The fourth-order valence-electron chi connectivity index (χ4n) is 4.31. The molecule has 0 spiro atoms. The number of carbonyl (C=O) groups is 1. The Balaban J connectivity index is 1.52. The van der Waals surface area contributed by atoms with Gasteiger partial charge in [0.05, 0.1) is 27.5 Å². The maximum Gasteiger partial charge on any atom is 0.337 e. The van der Waals surface area contributed by atoms with Crippen LogP contribution in [0.15, 0.2) is 90.9 Å². The number of azo groups is 2. The third kappa shape index (κ3) is 6.64. The van der Waals surface area contributed by atoms with Crippen LogP contribution in [-0.2, 0) is 20.2 Å². The lowest BCUT2D eigenvalue weighted by Crippen LogP contribution is -2.10. The molecule has 5 rings (SSSR count). The number of fused-ring (bicyclic) bond motifs is 1. The number of nitrogens with two attached hydrogens (primary N) is 1. The summed E-state index contributed by atoms with van der Waals surface area (Å²) < 4.78 is 67.1. The first-order chi connectivity index (χ1) is 21.5. The molecule has 0 amide bonds. The number of hydrogen-bond acceptors (Lipinski definition) is 12. The summed E-state index contributed by atoms with van der Waals surface area (Å²) in [6.07, 6.45) is 0. The van der Waals surface area contributed by atoms with Crippen LogP contribution in [0.4, 0.5) is 28.4 Å². The maximum atomic E-state index is 12.2. The van der Waals surface area contributed by atoms with Crippen molar-refractivity contribution in [3.8, 4) is 5.69 Å². The Kier molecular flexibility index (Phi) is 8.22. The molecule has 0 radical (unpaired) electrons. The molecule has 5 aromatic rings. The number of carboxylic acids is 1. The average molecular weight is 665 g/mol. The summed E-state index contributed by atoms with van der Waals surface area (Å²) in [6.45, 7) is 5.46. The van der Waals surface area contributed by atoms with Gasteiger partial charge < -0.3 is 10.8 Å². The molecule has 4 aromatic carbocycles. The van der Waals surface area contributed by atoms with E-state index < -0.39 is 41.6 Å². The minimum absolute atomic E-state index is 0.00405. The summed E-state index contributed by atoms with van der Waals surface area (Å²) in [6, 6.07) is 13.3. The van der Waals surface area contributed by atoms with Crippen molar-refractivity contribution in [1.82, 2.24) is 15.0 Å². The molecule has 5 N–H and O–H groups in total. The van der Waals surface area contributed by atoms with Gasteiger partial charge in [-0.1, -0.05) is 0 Å². The standard InChI is InChI=1S/C28H24N8O8S2/c1-14-10-22(16(3)9-20(14)29)32-30-17-4-7-21(15(2)8-17)31-33-25-12-23-24(13-27(25)46(42,43)44)35-36(34-23)26-11-18(45(39,40)41)5-6-19(26)28(37)38/h4-13H,29H2,1-3H3,(H,37,38)(H,39,40,41)(H,42,43,44). The van der Waals surface area contributed by atoms with Gasteiger partial charge in [-0.25, -0.2) is 4.79 Å². The van der Waals surface area contributed by atoms with Crippen molar-refractivity contribution in [3.63, 3.8) is 0 Å². The summed E-state index contributed by atoms with van der Waals surface area (Å²) in [4.78, 5) is 11.2. The highest BCUT2D eigenvalue weighted by Crippen LogP contribution is 2.33. The number of aromatic nitrogens is 3. The number of aryl methyl sites for hydroxylation is 3. The largest absolute Gasteiger partial charge is 0.478 e. The third-order valence-corrected chi connectivity index (χ3v) is 8.49. The molecule has 18 heteroatoms. The fraction of sp³-hybridized carbons (Fsp3) is 0.107. The van der Waals surface area contributed by atoms with E-state index in [1.807, 2.05) is 26.0 Å². The van der Waals surface area contributed by atoms with E-state index in [9.17, 15) is 35.8 Å². The number of aromatic carboxylic acids is 1. The number of hydrogen-bond donors (Lipinski definition) is 4. The Bertz CT molecular complexity index is 2350. The quantitative estimate of drug-likeness (QED) is 0.0856. The maximum absolute atomic E-state index is 12.2. The lowest BCUT2D eigenvalue weighted by molar-refractivity contribution is 0.0696. The van der Waals surface area contributed by atoms with Gasteiger partial charge >= 0.3 is 5.97 Å². The molecule has 46 heavy (non-hydrogen) atoms. The van der Waals surface area contributed by atoms with Crippen molar-refractivity contribution in [1.29, 1.82) is 0 Å². The molecule has 0 aliphatic heterocycles. The van der Waals surface area contributed by atoms with Gasteiger partial charge in [-0.2, -0.15) is 32.2 Å². The van der Waals surface area contributed by atoms with Crippen molar-refractivity contribution in [2.24, 2.45) is 20.5 Å². The first-order valence-electron chi connectivity index (χ1n) is 13.1. The normalized spacial score (nSPS) is 12.5. The molecule has 1 aromatic heterocycles. The number of nitrogens with zero attached hydrogens (tertiary/aromatic N) is 7. The molecule has 0 bridgehead atoms. The van der Waals surface area contributed by atoms with Crippen molar-refractivity contribution >= 4 is 65.7 Å². The van der Waals surface area contributed by atoms with Gasteiger partial charge in [0.2, 0.25) is 0 Å². The monoisotopic (exact) mass is 664 g/mol. The Hall–Kier alpha value is -5.43. The number of nitrogen functional groups attached to an aromatic ring is 1. The van der Waals surface area contributed by atoms with Gasteiger partial charge in [-0.05, 0) is 98.1 Å².